The Hall–Kier alpha value is -4.46. The molecule has 0 aliphatic rings. The van der Waals surface area contributed by atoms with Crippen molar-refractivity contribution in [1.82, 2.24) is 9.88 Å². The average molecular weight is 443 g/mol. The molecule has 4 aromatic rings. The van der Waals surface area contributed by atoms with Crippen molar-refractivity contribution in [3.63, 3.8) is 0 Å². The van der Waals surface area contributed by atoms with E-state index < -0.39 is 18.5 Å². The third-order valence-electron chi connectivity index (χ3n) is 4.87. The Morgan fingerprint density at radius 1 is 1.00 bits per heavy atom. The Morgan fingerprint density at radius 2 is 1.76 bits per heavy atom. The van der Waals surface area contributed by atoms with Crippen LogP contribution in [-0.4, -0.2) is 48.4 Å². The van der Waals surface area contributed by atoms with Crippen molar-refractivity contribution < 1.29 is 23.5 Å². The standard InChI is InChI=1S/C25H21N3O5/c1-28(2)24(30)16-9-11-17(12-10-16)26-23(29)15-33-25(31)19-14-21(22-8-5-13-32-22)27-20-7-4-3-6-18(19)20/h3-14H,15H2,1-2H3,(H,26,29). The summed E-state index contributed by atoms with van der Waals surface area (Å²) in [5.74, 6) is -0.771. The van der Waals surface area contributed by atoms with E-state index in [1.807, 2.05) is 6.07 Å². The van der Waals surface area contributed by atoms with Crippen LogP contribution in [0.25, 0.3) is 22.4 Å². The van der Waals surface area contributed by atoms with Crippen LogP contribution in [0.2, 0.25) is 0 Å². The number of carbonyl (C=O) groups is 3. The first-order valence-corrected chi connectivity index (χ1v) is 10.1. The number of rotatable bonds is 6. The predicted octanol–water partition coefficient (Wildman–Crippen LogP) is 3.99. The maximum atomic E-state index is 12.8. The fraction of sp³-hybridized carbons (Fsp3) is 0.120. The monoisotopic (exact) mass is 443 g/mol. The lowest BCUT2D eigenvalue weighted by atomic mass is 10.1. The maximum Gasteiger partial charge on any atom is 0.339 e. The van der Waals surface area contributed by atoms with E-state index in [4.69, 9.17) is 9.15 Å². The summed E-state index contributed by atoms with van der Waals surface area (Å²) >= 11 is 0. The quantitative estimate of drug-likeness (QED) is 0.452. The first-order valence-electron chi connectivity index (χ1n) is 10.1. The van der Waals surface area contributed by atoms with Crippen molar-refractivity contribution in [3.05, 3.63) is 84.1 Å². The third kappa shape index (κ3) is 4.90. The zero-order valence-corrected chi connectivity index (χ0v) is 18.1. The molecule has 2 aromatic heterocycles. The van der Waals surface area contributed by atoms with Crippen LogP contribution in [-0.2, 0) is 9.53 Å². The average Bonchev–Trinajstić information content (AvgIpc) is 3.37. The van der Waals surface area contributed by atoms with Crippen LogP contribution in [0.5, 0.6) is 0 Å². The van der Waals surface area contributed by atoms with E-state index in [0.29, 0.717) is 33.6 Å². The maximum absolute atomic E-state index is 12.8. The van der Waals surface area contributed by atoms with Gasteiger partial charge >= 0.3 is 5.97 Å². The largest absolute Gasteiger partial charge is 0.463 e. The Labute approximate surface area is 189 Å². The second kappa shape index (κ2) is 9.35. The summed E-state index contributed by atoms with van der Waals surface area (Å²) in [5.41, 5.74) is 2.37. The van der Waals surface area contributed by atoms with Gasteiger partial charge in [-0.3, -0.25) is 9.59 Å². The van der Waals surface area contributed by atoms with Gasteiger partial charge in [-0.2, -0.15) is 0 Å². The van der Waals surface area contributed by atoms with Gasteiger partial charge in [0.2, 0.25) is 0 Å². The lowest BCUT2D eigenvalue weighted by Gasteiger charge is -2.11. The van der Waals surface area contributed by atoms with Crippen LogP contribution in [0.15, 0.2) is 77.4 Å². The summed E-state index contributed by atoms with van der Waals surface area (Å²) < 4.78 is 10.7. The fourth-order valence-electron chi connectivity index (χ4n) is 3.26. The number of hydrogen-bond donors (Lipinski definition) is 1. The molecule has 0 bridgehead atoms. The Kier molecular flexibility index (Phi) is 6.17. The van der Waals surface area contributed by atoms with Crippen LogP contribution in [0.4, 0.5) is 5.69 Å². The van der Waals surface area contributed by atoms with Crippen molar-refractivity contribution in [2.24, 2.45) is 0 Å². The number of nitrogens with one attached hydrogen (secondary N) is 1. The molecule has 0 unspecified atom stereocenters. The predicted molar refractivity (Wildman–Crippen MR) is 123 cm³/mol. The Morgan fingerprint density at radius 3 is 2.45 bits per heavy atom. The number of furan rings is 1. The molecule has 8 nitrogen and oxygen atoms in total. The molecule has 0 atom stereocenters. The number of hydrogen-bond acceptors (Lipinski definition) is 6. The number of nitrogens with zero attached hydrogens (tertiary/aromatic N) is 2. The second-order valence-electron chi connectivity index (χ2n) is 7.45. The van der Waals surface area contributed by atoms with Gasteiger partial charge < -0.3 is 19.4 Å². The number of fused-ring (bicyclic) bond motifs is 1. The number of carbonyl (C=O) groups excluding carboxylic acids is 3. The number of pyridine rings is 1. The van der Waals surface area contributed by atoms with Gasteiger partial charge in [-0.05, 0) is 48.5 Å². The lowest BCUT2D eigenvalue weighted by Crippen LogP contribution is -2.22. The topological polar surface area (TPSA) is 102 Å². The molecule has 0 aliphatic heterocycles. The molecule has 0 fully saturated rings. The normalized spacial score (nSPS) is 10.6. The summed E-state index contributed by atoms with van der Waals surface area (Å²) in [4.78, 5) is 43.1. The van der Waals surface area contributed by atoms with Gasteiger partial charge in [-0.1, -0.05) is 18.2 Å². The number of esters is 1. The van der Waals surface area contributed by atoms with Gasteiger partial charge in [0.1, 0.15) is 5.69 Å². The van der Waals surface area contributed by atoms with Gasteiger partial charge in [0.25, 0.3) is 11.8 Å². The molecule has 0 saturated heterocycles. The van der Waals surface area contributed by atoms with Crippen LogP contribution < -0.4 is 5.32 Å². The molecule has 8 heteroatoms. The van der Waals surface area contributed by atoms with Gasteiger partial charge in [0, 0.05) is 30.7 Å². The summed E-state index contributed by atoms with van der Waals surface area (Å²) in [6.45, 7) is -0.468. The molecule has 1 N–H and O–H groups in total. The smallest absolute Gasteiger partial charge is 0.339 e. The molecular formula is C25H21N3O5. The molecule has 0 spiro atoms. The van der Waals surface area contributed by atoms with Gasteiger partial charge in [-0.25, -0.2) is 9.78 Å². The molecule has 0 aliphatic carbocycles. The molecular weight excluding hydrogens is 422 g/mol. The SMILES string of the molecule is CN(C)C(=O)c1ccc(NC(=O)COC(=O)c2cc(-c3ccco3)nc3ccccc23)cc1. The molecule has 2 heterocycles. The summed E-state index contributed by atoms with van der Waals surface area (Å²) in [7, 11) is 3.33. The van der Waals surface area contributed by atoms with Gasteiger partial charge in [-0.15, -0.1) is 0 Å². The van der Waals surface area contributed by atoms with Crippen molar-refractivity contribution in [2.45, 2.75) is 0 Å². The van der Waals surface area contributed by atoms with Crippen molar-refractivity contribution in [2.75, 3.05) is 26.0 Å². The number of para-hydroxylation sites is 1. The highest BCUT2D eigenvalue weighted by molar-refractivity contribution is 6.05. The Balaban J connectivity index is 1.45. The summed E-state index contributed by atoms with van der Waals surface area (Å²) in [6, 6.07) is 18.7. The number of amides is 2. The van der Waals surface area contributed by atoms with Crippen LogP contribution in [0, 0.1) is 0 Å². The minimum atomic E-state index is -0.650. The molecule has 2 amide bonds. The molecule has 4 rings (SSSR count). The lowest BCUT2D eigenvalue weighted by molar-refractivity contribution is -0.119. The molecule has 2 aromatic carbocycles. The van der Waals surface area contributed by atoms with Gasteiger partial charge in [0.15, 0.2) is 12.4 Å². The highest BCUT2D eigenvalue weighted by Crippen LogP contribution is 2.25. The number of benzene rings is 2. The zero-order valence-electron chi connectivity index (χ0n) is 18.1. The van der Waals surface area contributed by atoms with E-state index in [1.54, 1.807) is 74.8 Å². The number of aromatic nitrogens is 1. The van der Waals surface area contributed by atoms with Gasteiger partial charge in [0.05, 0.1) is 17.3 Å². The number of ether oxygens (including phenoxy) is 1. The fourth-order valence-corrected chi connectivity index (χ4v) is 3.26. The minimum Gasteiger partial charge on any atom is -0.463 e. The molecule has 33 heavy (non-hydrogen) atoms. The highest BCUT2D eigenvalue weighted by atomic mass is 16.5. The molecule has 0 radical (unpaired) electrons. The van der Waals surface area contributed by atoms with Crippen LogP contribution >= 0.6 is 0 Å². The third-order valence-corrected chi connectivity index (χ3v) is 4.87. The van der Waals surface area contributed by atoms with Crippen molar-refractivity contribution in [1.29, 1.82) is 0 Å². The van der Waals surface area contributed by atoms with E-state index in [0.717, 1.165) is 0 Å². The van der Waals surface area contributed by atoms with E-state index in [9.17, 15) is 14.4 Å². The first-order chi connectivity index (χ1) is 15.9. The zero-order chi connectivity index (χ0) is 23.4. The van der Waals surface area contributed by atoms with E-state index in [-0.39, 0.29) is 11.5 Å². The first kappa shape index (κ1) is 21.8. The van der Waals surface area contributed by atoms with Crippen molar-refractivity contribution in [3.8, 4) is 11.5 Å². The van der Waals surface area contributed by atoms with Crippen molar-refractivity contribution >= 4 is 34.4 Å². The molecule has 166 valence electrons. The van der Waals surface area contributed by atoms with E-state index >= 15 is 0 Å². The van der Waals surface area contributed by atoms with Crippen LogP contribution in [0.3, 0.4) is 0 Å². The highest BCUT2D eigenvalue weighted by Gasteiger charge is 2.17. The summed E-state index contributed by atoms with van der Waals surface area (Å²) in [6.07, 6.45) is 1.53. The molecule has 0 saturated carbocycles. The summed E-state index contributed by atoms with van der Waals surface area (Å²) in [5, 5.41) is 3.26. The van der Waals surface area contributed by atoms with Crippen LogP contribution in [0.1, 0.15) is 20.7 Å². The number of anilines is 1. The minimum absolute atomic E-state index is 0.139. The van der Waals surface area contributed by atoms with E-state index in [1.165, 1.54) is 11.2 Å². The van der Waals surface area contributed by atoms with E-state index in [2.05, 4.69) is 10.3 Å². The second-order valence-corrected chi connectivity index (χ2v) is 7.45. The Bertz CT molecular complexity index is 1310.